The normalized spacial score (nSPS) is 10.1. The van der Waals surface area contributed by atoms with Gasteiger partial charge in [0.25, 0.3) is 0 Å². The lowest BCUT2D eigenvalue weighted by Crippen LogP contribution is -1.97. The van der Waals surface area contributed by atoms with E-state index in [0.717, 1.165) is 11.3 Å². The van der Waals surface area contributed by atoms with E-state index in [1.807, 2.05) is 37.3 Å². The molecule has 0 aliphatic carbocycles. The van der Waals surface area contributed by atoms with E-state index in [9.17, 15) is 0 Å². The molecule has 0 amide bonds. The van der Waals surface area contributed by atoms with Crippen molar-refractivity contribution in [1.82, 2.24) is 19.7 Å². The summed E-state index contributed by atoms with van der Waals surface area (Å²) in [5.41, 5.74) is 2.05. The summed E-state index contributed by atoms with van der Waals surface area (Å²) in [7, 11) is 0. The van der Waals surface area contributed by atoms with Crippen molar-refractivity contribution >= 4 is 0 Å². The molecule has 0 spiro atoms. The van der Waals surface area contributed by atoms with Crippen molar-refractivity contribution in [3.8, 4) is 23.6 Å². The summed E-state index contributed by atoms with van der Waals surface area (Å²) in [4.78, 5) is 8.13. The first-order valence-corrected chi connectivity index (χ1v) is 6.28. The molecule has 102 valence electrons. The number of rotatable bonds is 3. The Balaban J connectivity index is 1.89. The Kier molecular flexibility index (Phi) is 3.31. The highest BCUT2D eigenvalue weighted by atomic mass is 16.5. The number of aryl methyl sites for hydroxylation is 1. The van der Waals surface area contributed by atoms with Crippen LogP contribution in [0.4, 0.5) is 0 Å². The molecule has 21 heavy (non-hydrogen) atoms. The summed E-state index contributed by atoms with van der Waals surface area (Å²) >= 11 is 0. The van der Waals surface area contributed by atoms with Crippen molar-refractivity contribution < 1.29 is 4.74 Å². The molecular weight excluding hydrogens is 266 g/mol. The maximum absolute atomic E-state index is 9.14. The quantitative estimate of drug-likeness (QED) is 0.735. The SMILES string of the molecule is Cc1ccnc(Oc2ncn(-c3ccccc3)n2)c1C#N. The largest absolute Gasteiger partial charge is 0.403 e. The first-order chi connectivity index (χ1) is 10.3. The molecule has 0 N–H and O–H groups in total. The third kappa shape index (κ3) is 2.58. The third-order valence-electron chi connectivity index (χ3n) is 2.92. The lowest BCUT2D eigenvalue weighted by molar-refractivity contribution is 0.423. The molecule has 0 aliphatic heterocycles. The number of aromatic nitrogens is 4. The summed E-state index contributed by atoms with van der Waals surface area (Å²) in [6, 6.07) is 13.5. The molecule has 6 heteroatoms. The van der Waals surface area contributed by atoms with Gasteiger partial charge in [-0.3, -0.25) is 0 Å². The third-order valence-corrected chi connectivity index (χ3v) is 2.92. The summed E-state index contributed by atoms with van der Waals surface area (Å²) in [5.74, 6) is 0.211. The molecular formula is C15H11N5O. The first-order valence-electron chi connectivity index (χ1n) is 6.28. The van der Waals surface area contributed by atoms with Gasteiger partial charge < -0.3 is 4.74 Å². The van der Waals surface area contributed by atoms with Crippen molar-refractivity contribution in [3.05, 3.63) is 60.0 Å². The molecule has 2 heterocycles. The summed E-state index contributed by atoms with van der Waals surface area (Å²) in [6.45, 7) is 1.82. The highest BCUT2D eigenvalue weighted by Crippen LogP contribution is 2.22. The van der Waals surface area contributed by atoms with Crippen molar-refractivity contribution in [2.75, 3.05) is 0 Å². The van der Waals surface area contributed by atoms with Crippen LogP contribution in [0.3, 0.4) is 0 Å². The summed E-state index contributed by atoms with van der Waals surface area (Å²) in [5, 5.41) is 13.4. The van der Waals surface area contributed by atoms with E-state index < -0.39 is 0 Å². The number of hydrogen-bond acceptors (Lipinski definition) is 5. The van der Waals surface area contributed by atoms with Crippen molar-refractivity contribution in [3.63, 3.8) is 0 Å². The average Bonchev–Trinajstić information content (AvgIpc) is 2.97. The highest BCUT2D eigenvalue weighted by Gasteiger charge is 2.12. The zero-order chi connectivity index (χ0) is 14.7. The van der Waals surface area contributed by atoms with Crippen LogP contribution < -0.4 is 4.74 Å². The van der Waals surface area contributed by atoms with Gasteiger partial charge in [0.15, 0.2) is 0 Å². The Morgan fingerprint density at radius 2 is 1.95 bits per heavy atom. The number of benzene rings is 1. The fourth-order valence-corrected chi connectivity index (χ4v) is 1.83. The van der Waals surface area contributed by atoms with Gasteiger partial charge in [0.05, 0.1) is 5.69 Å². The molecule has 3 rings (SSSR count). The van der Waals surface area contributed by atoms with Crippen LogP contribution in [-0.2, 0) is 0 Å². The van der Waals surface area contributed by atoms with Gasteiger partial charge >= 0.3 is 6.01 Å². The van der Waals surface area contributed by atoms with Gasteiger partial charge in [0.2, 0.25) is 5.88 Å². The van der Waals surface area contributed by atoms with Gasteiger partial charge in [-0.15, -0.1) is 5.10 Å². The van der Waals surface area contributed by atoms with Crippen LogP contribution in [0.2, 0.25) is 0 Å². The van der Waals surface area contributed by atoms with Gasteiger partial charge in [-0.25, -0.2) is 9.67 Å². The number of ether oxygens (including phenoxy) is 1. The fraction of sp³-hybridized carbons (Fsp3) is 0.0667. The molecule has 0 fully saturated rings. The van der Waals surface area contributed by atoms with E-state index in [1.54, 1.807) is 23.3 Å². The van der Waals surface area contributed by atoms with Crippen molar-refractivity contribution in [2.45, 2.75) is 6.92 Å². The minimum atomic E-state index is 0.147. The highest BCUT2D eigenvalue weighted by molar-refractivity contribution is 5.44. The van der Waals surface area contributed by atoms with Crippen LogP contribution in [0.25, 0.3) is 5.69 Å². The van der Waals surface area contributed by atoms with Crippen LogP contribution >= 0.6 is 0 Å². The van der Waals surface area contributed by atoms with E-state index in [2.05, 4.69) is 21.1 Å². The zero-order valence-corrected chi connectivity index (χ0v) is 11.3. The summed E-state index contributed by atoms with van der Waals surface area (Å²) < 4.78 is 7.10. The molecule has 0 aliphatic rings. The Bertz CT molecular complexity index is 804. The number of nitriles is 1. The molecule has 0 atom stereocenters. The molecule has 0 bridgehead atoms. The number of nitrogens with zero attached hydrogens (tertiary/aromatic N) is 5. The maximum Gasteiger partial charge on any atom is 0.342 e. The molecule has 6 nitrogen and oxygen atoms in total. The van der Waals surface area contributed by atoms with E-state index in [-0.39, 0.29) is 11.9 Å². The van der Waals surface area contributed by atoms with Crippen LogP contribution in [-0.4, -0.2) is 19.7 Å². The molecule has 2 aromatic heterocycles. The second-order valence-corrected chi connectivity index (χ2v) is 4.33. The molecule has 3 aromatic rings. The first kappa shape index (κ1) is 12.8. The summed E-state index contributed by atoms with van der Waals surface area (Å²) in [6.07, 6.45) is 3.13. The lowest BCUT2D eigenvalue weighted by atomic mass is 10.2. The Morgan fingerprint density at radius 3 is 2.71 bits per heavy atom. The van der Waals surface area contributed by atoms with Gasteiger partial charge in [0.1, 0.15) is 18.0 Å². The molecule has 0 unspecified atom stereocenters. The Labute approximate surface area is 121 Å². The van der Waals surface area contributed by atoms with Gasteiger partial charge in [-0.2, -0.15) is 10.2 Å². The molecule has 1 aromatic carbocycles. The van der Waals surface area contributed by atoms with Crippen LogP contribution in [0.15, 0.2) is 48.9 Å². The van der Waals surface area contributed by atoms with Crippen molar-refractivity contribution in [2.24, 2.45) is 0 Å². The predicted octanol–water partition coefficient (Wildman–Crippen LogP) is 2.63. The standard InChI is InChI=1S/C15H11N5O/c1-11-7-8-17-14(13(11)9-16)21-15-18-10-20(19-15)12-5-3-2-4-6-12/h2-8,10H,1H3. The average molecular weight is 277 g/mol. The Morgan fingerprint density at radius 1 is 1.14 bits per heavy atom. The molecule has 0 radical (unpaired) electrons. The second kappa shape index (κ2) is 5.43. The predicted molar refractivity (Wildman–Crippen MR) is 75.1 cm³/mol. The molecule has 0 saturated heterocycles. The number of hydrogen-bond donors (Lipinski definition) is 0. The van der Waals surface area contributed by atoms with Crippen LogP contribution in [0.5, 0.6) is 11.9 Å². The van der Waals surface area contributed by atoms with Gasteiger partial charge in [-0.1, -0.05) is 18.2 Å². The monoisotopic (exact) mass is 277 g/mol. The van der Waals surface area contributed by atoms with Crippen LogP contribution in [0.1, 0.15) is 11.1 Å². The van der Waals surface area contributed by atoms with E-state index in [1.165, 1.54) is 0 Å². The van der Waals surface area contributed by atoms with E-state index >= 15 is 0 Å². The lowest BCUT2D eigenvalue weighted by Gasteiger charge is -2.03. The van der Waals surface area contributed by atoms with E-state index in [0.29, 0.717) is 5.56 Å². The smallest absolute Gasteiger partial charge is 0.342 e. The minimum absolute atomic E-state index is 0.147. The molecule has 0 saturated carbocycles. The maximum atomic E-state index is 9.14. The number of para-hydroxylation sites is 1. The topological polar surface area (TPSA) is 76.6 Å². The van der Waals surface area contributed by atoms with Crippen LogP contribution in [0, 0.1) is 18.3 Å². The second-order valence-electron chi connectivity index (χ2n) is 4.33. The fourth-order valence-electron chi connectivity index (χ4n) is 1.83. The number of pyridine rings is 1. The Hall–Kier alpha value is -3.20. The van der Waals surface area contributed by atoms with E-state index in [4.69, 9.17) is 10.00 Å². The van der Waals surface area contributed by atoms with Gasteiger partial charge in [-0.05, 0) is 30.7 Å². The van der Waals surface area contributed by atoms with Gasteiger partial charge in [0, 0.05) is 6.20 Å². The zero-order valence-electron chi connectivity index (χ0n) is 11.3. The minimum Gasteiger partial charge on any atom is -0.403 e. The van der Waals surface area contributed by atoms with Crippen molar-refractivity contribution in [1.29, 1.82) is 5.26 Å².